The number of halogens is 2. The third kappa shape index (κ3) is 7.02. The van der Waals surface area contributed by atoms with E-state index < -0.39 is 12.7 Å². The van der Waals surface area contributed by atoms with E-state index in [0.717, 1.165) is 5.56 Å². The number of hydrogen-bond donors (Lipinski definition) is 2. The Labute approximate surface area is 174 Å². The van der Waals surface area contributed by atoms with Crippen molar-refractivity contribution in [2.24, 2.45) is 5.92 Å². The Morgan fingerprint density at radius 3 is 2.10 bits per heavy atom. The molecule has 6 nitrogen and oxygen atoms in total. The molecule has 0 saturated carbocycles. The van der Waals surface area contributed by atoms with Crippen LogP contribution in [0.5, 0.6) is 11.5 Å². The van der Waals surface area contributed by atoms with E-state index >= 15 is 0 Å². The molecule has 2 amide bonds. The number of carbonyl (C=O) groups is 2. The highest BCUT2D eigenvalue weighted by Crippen LogP contribution is 2.15. The summed E-state index contributed by atoms with van der Waals surface area (Å²) < 4.78 is 33.7. The van der Waals surface area contributed by atoms with E-state index in [0.29, 0.717) is 24.3 Å². The number of carbonyl (C=O) groups excluding carboxylic acids is 2. The minimum Gasteiger partial charge on any atom is -0.497 e. The molecule has 2 aromatic rings. The van der Waals surface area contributed by atoms with Gasteiger partial charge in [-0.15, -0.1) is 0 Å². The Morgan fingerprint density at radius 1 is 0.967 bits per heavy atom. The van der Waals surface area contributed by atoms with Crippen molar-refractivity contribution in [1.29, 1.82) is 0 Å². The van der Waals surface area contributed by atoms with Crippen LogP contribution in [0.25, 0.3) is 0 Å². The van der Waals surface area contributed by atoms with Crippen LogP contribution in [0.3, 0.4) is 0 Å². The third-order valence-electron chi connectivity index (χ3n) is 4.45. The van der Waals surface area contributed by atoms with Gasteiger partial charge in [-0.2, -0.15) is 8.78 Å². The summed E-state index contributed by atoms with van der Waals surface area (Å²) in [6.07, 6.45) is 0.512. The third-order valence-corrected chi connectivity index (χ3v) is 4.45. The van der Waals surface area contributed by atoms with Gasteiger partial charge in [0, 0.05) is 12.1 Å². The van der Waals surface area contributed by atoms with Crippen molar-refractivity contribution in [1.82, 2.24) is 10.6 Å². The van der Waals surface area contributed by atoms with E-state index in [9.17, 15) is 18.4 Å². The van der Waals surface area contributed by atoms with E-state index in [4.69, 9.17) is 4.74 Å². The molecule has 30 heavy (non-hydrogen) atoms. The summed E-state index contributed by atoms with van der Waals surface area (Å²) in [5, 5.41) is 5.57. The average Bonchev–Trinajstić information content (AvgIpc) is 2.72. The van der Waals surface area contributed by atoms with Crippen LogP contribution >= 0.6 is 0 Å². The fourth-order valence-electron chi connectivity index (χ4n) is 2.78. The maximum Gasteiger partial charge on any atom is 0.387 e. The van der Waals surface area contributed by atoms with Gasteiger partial charge in [0.1, 0.15) is 17.5 Å². The predicted octanol–water partition coefficient (Wildman–Crippen LogP) is 3.41. The lowest BCUT2D eigenvalue weighted by molar-refractivity contribution is -0.123. The normalized spacial score (nSPS) is 11.8. The number of nitrogens with one attached hydrogen (secondary N) is 2. The molecule has 8 heteroatoms. The highest BCUT2D eigenvalue weighted by atomic mass is 19.3. The van der Waals surface area contributed by atoms with E-state index in [2.05, 4.69) is 15.4 Å². The van der Waals surface area contributed by atoms with Crippen molar-refractivity contribution in [3.8, 4) is 11.5 Å². The quantitative estimate of drug-likeness (QED) is 0.618. The molecule has 0 unspecified atom stereocenters. The Bertz CT molecular complexity index is 824. The second-order valence-electron chi connectivity index (χ2n) is 6.99. The van der Waals surface area contributed by atoms with Crippen molar-refractivity contribution >= 4 is 11.8 Å². The summed E-state index contributed by atoms with van der Waals surface area (Å²) in [5.74, 6) is -0.0268. The summed E-state index contributed by atoms with van der Waals surface area (Å²) in [5.41, 5.74) is 1.29. The van der Waals surface area contributed by atoms with Crippen LogP contribution in [0.4, 0.5) is 8.78 Å². The minimum atomic E-state index is -2.86. The van der Waals surface area contributed by atoms with E-state index in [1.165, 1.54) is 12.1 Å². The lowest BCUT2D eigenvalue weighted by Gasteiger charge is -2.22. The predicted molar refractivity (Wildman–Crippen MR) is 109 cm³/mol. The fourth-order valence-corrected chi connectivity index (χ4v) is 2.78. The molecular weight excluding hydrogens is 394 g/mol. The first-order chi connectivity index (χ1) is 14.3. The number of amides is 2. The Kier molecular flexibility index (Phi) is 8.58. The van der Waals surface area contributed by atoms with Crippen molar-refractivity contribution < 1.29 is 27.8 Å². The standard InChI is InChI=1S/C22H26F2N2O4/c1-14(2)19(26-20(27)16-6-10-17(29-3)11-7-16)21(28)25-13-12-15-4-8-18(9-5-15)30-22(23)24/h4-11,14,19,22H,12-13H2,1-3H3,(H,25,28)(H,26,27)/t19-/m0/s1. The molecule has 162 valence electrons. The van der Waals surface area contributed by atoms with Crippen molar-refractivity contribution in [3.63, 3.8) is 0 Å². The van der Waals surface area contributed by atoms with Gasteiger partial charge in [0.15, 0.2) is 0 Å². The molecule has 0 bridgehead atoms. The van der Waals surface area contributed by atoms with Crippen molar-refractivity contribution in [2.75, 3.05) is 13.7 Å². The molecule has 2 aromatic carbocycles. The lowest BCUT2D eigenvalue weighted by atomic mass is 10.0. The van der Waals surface area contributed by atoms with Gasteiger partial charge in [-0.3, -0.25) is 9.59 Å². The topological polar surface area (TPSA) is 76.7 Å². The zero-order chi connectivity index (χ0) is 22.1. The van der Waals surface area contributed by atoms with Crippen molar-refractivity contribution in [2.45, 2.75) is 32.9 Å². The van der Waals surface area contributed by atoms with Gasteiger partial charge in [-0.25, -0.2) is 0 Å². The van der Waals surface area contributed by atoms with Crippen LogP contribution in [0.15, 0.2) is 48.5 Å². The second-order valence-corrected chi connectivity index (χ2v) is 6.99. The maximum atomic E-state index is 12.6. The smallest absolute Gasteiger partial charge is 0.387 e. The monoisotopic (exact) mass is 420 g/mol. The number of hydrogen-bond acceptors (Lipinski definition) is 4. The molecule has 0 saturated heterocycles. The molecule has 0 aliphatic rings. The van der Waals surface area contributed by atoms with Crippen LogP contribution in [-0.4, -0.2) is 38.1 Å². The number of methoxy groups -OCH3 is 1. The summed E-state index contributed by atoms with van der Waals surface area (Å²) in [6.45, 7) is 1.17. The molecule has 0 heterocycles. The molecule has 0 radical (unpaired) electrons. The van der Waals surface area contributed by atoms with Gasteiger partial charge >= 0.3 is 6.61 Å². The Morgan fingerprint density at radius 2 is 1.57 bits per heavy atom. The summed E-state index contributed by atoms with van der Waals surface area (Å²) in [4.78, 5) is 25.0. The number of ether oxygens (including phenoxy) is 2. The molecule has 0 aliphatic heterocycles. The summed E-state index contributed by atoms with van der Waals surface area (Å²) >= 11 is 0. The summed E-state index contributed by atoms with van der Waals surface area (Å²) in [7, 11) is 1.54. The SMILES string of the molecule is COc1ccc(C(=O)N[C@H](C(=O)NCCc2ccc(OC(F)F)cc2)C(C)C)cc1. The van der Waals surface area contributed by atoms with Crippen LogP contribution < -0.4 is 20.1 Å². The Hall–Kier alpha value is -3.16. The fraction of sp³-hybridized carbons (Fsp3) is 0.364. The molecule has 0 aromatic heterocycles. The molecular formula is C22H26F2N2O4. The molecule has 0 fully saturated rings. The lowest BCUT2D eigenvalue weighted by Crippen LogP contribution is -2.50. The first-order valence-electron chi connectivity index (χ1n) is 9.56. The van der Waals surface area contributed by atoms with Crippen LogP contribution in [0, 0.1) is 5.92 Å². The van der Waals surface area contributed by atoms with Gasteiger partial charge in [-0.05, 0) is 54.3 Å². The first kappa shape index (κ1) is 23.1. The van der Waals surface area contributed by atoms with Gasteiger partial charge in [0.05, 0.1) is 7.11 Å². The zero-order valence-electron chi connectivity index (χ0n) is 17.2. The highest BCUT2D eigenvalue weighted by molar-refractivity contribution is 5.97. The van der Waals surface area contributed by atoms with Crippen LogP contribution in [0.1, 0.15) is 29.8 Å². The van der Waals surface area contributed by atoms with Gasteiger partial charge in [0.2, 0.25) is 5.91 Å². The average molecular weight is 420 g/mol. The molecule has 0 spiro atoms. The maximum absolute atomic E-state index is 12.6. The zero-order valence-corrected chi connectivity index (χ0v) is 17.2. The number of rotatable bonds is 10. The number of alkyl halides is 2. The van der Waals surface area contributed by atoms with Crippen LogP contribution in [-0.2, 0) is 11.2 Å². The van der Waals surface area contributed by atoms with Crippen LogP contribution in [0.2, 0.25) is 0 Å². The van der Waals surface area contributed by atoms with Gasteiger partial charge in [0.25, 0.3) is 5.91 Å². The minimum absolute atomic E-state index is 0.0823. The highest BCUT2D eigenvalue weighted by Gasteiger charge is 2.24. The largest absolute Gasteiger partial charge is 0.497 e. The van der Waals surface area contributed by atoms with E-state index in [-0.39, 0.29) is 23.5 Å². The van der Waals surface area contributed by atoms with Crippen molar-refractivity contribution in [3.05, 3.63) is 59.7 Å². The van der Waals surface area contributed by atoms with Gasteiger partial charge in [-0.1, -0.05) is 26.0 Å². The molecule has 2 rings (SSSR count). The second kappa shape index (κ2) is 11.1. The molecule has 1 atom stereocenters. The molecule has 0 aliphatic carbocycles. The van der Waals surface area contributed by atoms with E-state index in [1.807, 2.05) is 13.8 Å². The summed E-state index contributed by atoms with van der Waals surface area (Å²) in [6, 6.07) is 12.2. The first-order valence-corrected chi connectivity index (χ1v) is 9.56. The number of benzene rings is 2. The van der Waals surface area contributed by atoms with E-state index in [1.54, 1.807) is 43.5 Å². The van der Waals surface area contributed by atoms with Gasteiger partial charge < -0.3 is 20.1 Å². The molecule has 2 N–H and O–H groups in total. The Balaban J connectivity index is 1.88.